The zero-order chi connectivity index (χ0) is 27.9. The first kappa shape index (κ1) is 28.0. The molecular formula is C33H46N2O4. The van der Waals surface area contributed by atoms with Crippen LogP contribution in [0.4, 0.5) is 0 Å². The van der Waals surface area contributed by atoms with Gasteiger partial charge in [0, 0.05) is 30.1 Å². The molecule has 1 saturated carbocycles. The fraction of sp³-hybridized carbons (Fsp3) is 0.576. The van der Waals surface area contributed by atoms with E-state index >= 15 is 0 Å². The molecule has 212 valence electrons. The van der Waals surface area contributed by atoms with E-state index in [2.05, 4.69) is 56.5 Å². The quantitative estimate of drug-likeness (QED) is 0.431. The van der Waals surface area contributed by atoms with Crippen LogP contribution in [-0.2, 0) is 11.8 Å². The fourth-order valence-electron chi connectivity index (χ4n) is 8.42. The first-order valence-electron chi connectivity index (χ1n) is 14.7. The van der Waals surface area contributed by atoms with Crippen molar-refractivity contribution in [2.24, 2.45) is 11.8 Å². The van der Waals surface area contributed by atoms with Crippen molar-refractivity contribution in [3.63, 3.8) is 0 Å². The Morgan fingerprint density at radius 3 is 2.69 bits per heavy atom. The number of rotatable bonds is 7. The predicted molar refractivity (Wildman–Crippen MR) is 156 cm³/mol. The minimum Gasteiger partial charge on any atom is -0.508 e. The van der Waals surface area contributed by atoms with Gasteiger partial charge >= 0.3 is 0 Å². The molecule has 2 heterocycles. The molecule has 0 unspecified atom stereocenters. The van der Waals surface area contributed by atoms with E-state index in [1.54, 1.807) is 12.1 Å². The van der Waals surface area contributed by atoms with Gasteiger partial charge in [-0.25, -0.2) is 0 Å². The smallest absolute Gasteiger partial charge is 0.165 e. The predicted octanol–water partition coefficient (Wildman–Crippen LogP) is 5.06. The molecule has 0 amide bonds. The summed E-state index contributed by atoms with van der Waals surface area (Å²) in [6.45, 7) is 11.4. The van der Waals surface area contributed by atoms with E-state index in [0.717, 1.165) is 51.7 Å². The van der Waals surface area contributed by atoms with Gasteiger partial charge in [0.15, 0.2) is 11.5 Å². The highest BCUT2D eigenvalue weighted by Gasteiger charge is 2.65. The SMILES string of the molecule is C=CCN1CC[C@]23c4c5ccc(O)c4O[C@H]2[C@@H](O)CC[C@H]3[C@H]1C5.CC[C@@H](c1cccc(O)c1)[C@@H](C)CN(C)C. The van der Waals surface area contributed by atoms with Crippen molar-refractivity contribution >= 4 is 0 Å². The Bertz CT molecular complexity index is 1180. The maximum atomic E-state index is 10.6. The highest BCUT2D eigenvalue weighted by atomic mass is 16.5. The second kappa shape index (κ2) is 11.1. The molecule has 2 aliphatic carbocycles. The lowest BCUT2D eigenvalue weighted by molar-refractivity contribution is -0.102. The Morgan fingerprint density at radius 2 is 2.00 bits per heavy atom. The van der Waals surface area contributed by atoms with Gasteiger partial charge in [-0.05, 0) is 99.8 Å². The molecule has 7 atom stereocenters. The van der Waals surface area contributed by atoms with Gasteiger partial charge in [0.1, 0.15) is 11.9 Å². The van der Waals surface area contributed by atoms with Gasteiger partial charge in [0.05, 0.1) is 6.10 Å². The third-order valence-electron chi connectivity index (χ3n) is 9.84. The maximum Gasteiger partial charge on any atom is 0.165 e. The summed E-state index contributed by atoms with van der Waals surface area (Å²) in [5, 5.41) is 30.4. The summed E-state index contributed by atoms with van der Waals surface area (Å²) in [6.07, 6.45) is 6.30. The second-order valence-electron chi connectivity index (χ2n) is 12.4. The average Bonchev–Trinajstić information content (AvgIpc) is 3.25. The minimum absolute atomic E-state index is 0.109. The molecule has 6 nitrogen and oxygen atoms in total. The lowest BCUT2D eigenvalue weighted by atomic mass is 9.51. The Labute approximate surface area is 233 Å². The molecule has 0 radical (unpaired) electrons. The fourth-order valence-corrected chi connectivity index (χ4v) is 8.42. The van der Waals surface area contributed by atoms with E-state index < -0.39 is 6.10 Å². The number of phenols is 2. The number of likely N-dealkylation sites (tertiary alicyclic amines) is 1. The molecule has 2 fully saturated rings. The van der Waals surface area contributed by atoms with Gasteiger partial charge in [0.25, 0.3) is 0 Å². The van der Waals surface area contributed by atoms with Crippen LogP contribution in [0.25, 0.3) is 0 Å². The van der Waals surface area contributed by atoms with Crippen LogP contribution < -0.4 is 4.74 Å². The van der Waals surface area contributed by atoms with Crippen LogP contribution in [0.15, 0.2) is 49.1 Å². The van der Waals surface area contributed by atoms with E-state index in [-0.39, 0.29) is 17.3 Å². The zero-order valence-electron chi connectivity index (χ0n) is 24.0. The van der Waals surface area contributed by atoms with E-state index in [4.69, 9.17) is 4.74 Å². The molecule has 1 saturated heterocycles. The summed E-state index contributed by atoms with van der Waals surface area (Å²) in [7, 11) is 4.21. The Kier molecular flexibility index (Phi) is 8.01. The lowest BCUT2D eigenvalue weighted by Crippen LogP contribution is -2.66. The van der Waals surface area contributed by atoms with Crippen LogP contribution in [0.2, 0.25) is 0 Å². The Hall–Kier alpha value is -2.54. The van der Waals surface area contributed by atoms with Crippen molar-refractivity contribution in [2.45, 2.75) is 75.5 Å². The van der Waals surface area contributed by atoms with Gasteiger partial charge in [-0.15, -0.1) is 6.58 Å². The second-order valence-corrected chi connectivity index (χ2v) is 12.4. The van der Waals surface area contributed by atoms with Crippen LogP contribution >= 0.6 is 0 Å². The number of hydrogen-bond donors (Lipinski definition) is 3. The number of ether oxygens (including phenoxy) is 1. The van der Waals surface area contributed by atoms with Crippen molar-refractivity contribution in [1.82, 2.24) is 9.80 Å². The van der Waals surface area contributed by atoms with Crippen molar-refractivity contribution in [3.8, 4) is 17.2 Å². The third-order valence-corrected chi connectivity index (χ3v) is 9.84. The van der Waals surface area contributed by atoms with Crippen LogP contribution in [-0.4, -0.2) is 77.1 Å². The average molecular weight is 535 g/mol. The number of aliphatic hydroxyl groups excluding tert-OH is 1. The molecule has 4 aliphatic rings. The van der Waals surface area contributed by atoms with Crippen LogP contribution in [0.5, 0.6) is 17.2 Å². The molecule has 2 aromatic carbocycles. The number of aliphatic hydroxyl groups is 1. The van der Waals surface area contributed by atoms with Crippen molar-refractivity contribution < 1.29 is 20.1 Å². The standard InChI is InChI=1S/C19H23NO3.C14H23NO/c1-2-8-20-9-7-19-12-4-6-15(22)18(19)23-17-14(21)5-3-11(16(17)19)10-13(12)20;1-5-14(11(2)10-15(3)4)12-7-6-8-13(16)9-12/h2-3,5,12-13,15,18,21-22H,1,4,6-10H2;6-9,11,14,16H,5,10H2,1-4H3/t12-,13+,15-,18-,19-;11-,14+/m00/s1. The van der Waals surface area contributed by atoms with Crippen LogP contribution in [0, 0.1) is 11.8 Å². The highest BCUT2D eigenvalue weighted by molar-refractivity contribution is 5.60. The van der Waals surface area contributed by atoms with Gasteiger partial charge in [-0.1, -0.05) is 38.1 Å². The first-order chi connectivity index (χ1) is 18.7. The molecule has 0 aromatic heterocycles. The highest BCUT2D eigenvalue weighted by Crippen LogP contribution is 2.63. The van der Waals surface area contributed by atoms with Gasteiger partial charge in [-0.3, -0.25) is 4.90 Å². The van der Waals surface area contributed by atoms with Crippen molar-refractivity contribution in [1.29, 1.82) is 0 Å². The molecule has 3 N–H and O–H groups in total. The molecule has 6 heteroatoms. The lowest BCUT2D eigenvalue weighted by Gasteiger charge is -2.59. The minimum atomic E-state index is -0.435. The third kappa shape index (κ3) is 4.85. The summed E-state index contributed by atoms with van der Waals surface area (Å²) in [6, 6.07) is 12.0. The Morgan fingerprint density at radius 1 is 1.21 bits per heavy atom. The normalized spacial score (nSPS) is 30.0. The molecule has 2 aliphatic heterocycles. The monoisotopic (exact) mass is 534 g/mol. The van der Waals surface area contributed by atoms with Crippen LogP contribution in [0.1, 0.15) is 62.1 Å². The largest absolute Gasteiger partial charge is 0.508 e. The molecule has 1 spiro atoms. The molecule has 6 rings (SSSR count). The van der Waals surface area contributed by atoms with E-state index in [1.165, 1.54) is 16.7 Å². The molecular weight excluding hydrogens is 488 g/mol. The van der Waals surface area contributed by atoms with E-state index in [1.807, 2.05) is 18.2 Å². The summed E-state index contributed by atoms with van der Waals surface area (Å²) in [5.41, 5.74) is 3.64. The number of benzene rings is 2. The summed E-state index contributed by atoms with van der Waals surface area (Å²) in [5.74, 6) is 2.86. The number of piperidine rings is 1. The molecule has 39 heavy (non-hydrogen) atoms. The number of aromatic hydroxyl groups is 2. The maximum absolute atomic E-state index is 10.6. The van der Waals surface area contributed by atoms with E-state index in [0.29, 0.717) is 35.3 Å². The van der Waals surface area contributed by atoms with Gasteiger partial charge in [-0.2, -0.15) is 0 Å². The topological polar surface area (TPSA) is 76.4 Å². The summed E-state index contributed by atoms with van der Waals surface area (Å²) >= 11 is 0. The number of phenolic OH excluding ortho intramolecular Hbond substituents is 2. The summed E-state index contributed by atoms with van der Waals surface area (Å²) < 4.78 is 6.18. The zero-order valence-corrected chi connectivity index (χ0v) is 24.0. The van der Waals surface area contributed by atoms with Crippen molar-refractivity contribution in [3.05, 3.63) is 65.7 Å². The number of hydrogen-bond acceptors (Lipinski definition) is 6. The van der Waals surface area contributed by atoms with Gasteiger partial charge in [0.2, 0.25) is 0 Å². The molecule has 2 aromatic rings. The van der Waals surface area contributed by atoms with Gasteiger partial charge < -0.3 is 25.0 Å². The molecule has 2 bridgehead atoms. The van der Waals surface area contributed by atoms with E-state index in [9.17, 15) is 15.3 Å². The van der Waals surface area contributed by atoms with Crippen molar-refractivity contribution in [2.75, 3.05) is 33.7 Å². The number of nitrogens with zero attached hydrogens (tertiary/aromatic N) is 2. The Balaban J connectivity index is 0.000000171. The summed E-state index contributed by atoms with van der Waals surface area (Å²) in [4.78, 5) is 4.77. The van der Waals surface area contributed by atoms with Crippen LogP contribution in [0.3, 0.4) is 0 Å². The first-order valence-corrected chi connectivity index (χ1v) is 14.7.